The van der Waals surface area contributed by atoms with Crippen LogP contribution in [0.4, 0.5) is 0 Å². The molecule has 2 nitrogen and oxygen atoms in total. The molecule has 0 aliphatic heterocycles. The molecule has 0 saturated carbocycles. The van der Waals surface area contributed by atoms with Gasteiger partial charge in [0.25, 0.3) is 0 Å². The van der Waals surface area contributed by atoms with E-state index in [0.29, 0.717) is 17.7 Å². The average molecular weight is 120 g/mol. The Hall–Kier alpha value is -1.18. The average Bonchev–Trinajstić information content (AvgIpc) is 1.89. The van der Waals surface area contributed by atoms with Crippen molar-refractivity contribution in [2.75, 3.05) is 0 Å². The maximum absolute atomic E-state index is 10.0. The molecule has 1 aliphatic rings. The number of hydrogen-bond acceptors (Lipinski definition) is 2. The molecule has 1 rings (SSSR count). The Labute approximate surface area is 53.4 Å². The van der Waals surface area contributed by atoms with Crippen LogP contribution in [-0.4, -0.2) is 12.0 Å². The van der Waals surface area contributed by atoms with Gasteiger partial charge in [0, 0.05) is 17.7 Å². The Kier molecular flexibility index (Phi) is 1.58. The van der Waals surface area contributed by atoms with Crippen LogP contribution < -0.4 is 0 Å². The molecule has 0 bridgehead atoms. The van der Waals surface area contributed by atoms with Crippen LogP contribution in [0.2, 0.25) is 0 Å². The van der Waals surface area contributed by atoms with E-state index in [2.05, 4.69) is 0 Å². The largest absolute Gasteiger partial charge is 0.304 e. The zero-order valence-corrected chi connectivity index (χ0v) is 4.85. The minimum absolute atomic E-state index is 0.354. The molecule has 0 aromatic rings. The molecular formula is C7H6NO. The lowest BCUT2D eigenvalue weighted by molar-refractivity contribution is 0.563. The molecule has 45 valence electrons. The van der Waals surface area contributed by atoms with Gasteiger partial charge in [-0.3, -0.25) is 4.79 Å². The van der Waals surface area contributed by atoms with Gasteiger partial charge in [-0.15, -0.1) is 0 Å². The first-order valence-corrected chi connectivity index (χ1v) is 2.67. The predicted molar refractivity (Wildman–Crippen MR) is 35.3 cm³/mol. The lowest BCUT2D eigenvalue weighted by Gasteiger charge is -2.00. The van der Waals surface area contributed by atoms with Crippen molar-refractivity contribution in [3.63, 3.8) is 0 Å². The lowest BCUT2D eigenvalue weighted by Crippen LogP contribution is -2.03. The van der Waals surface area contributed by atoms with Crippen molar-refractivity contribution >= 4 is 12.0 Å². The summed E-state index contributed by atoms with van der Waals surface area (Å²) in [6.45, 7) is 0. The van der Waals surface area contributed by atoms with E-state index in [-0.39, 0.29) is 0 Å². The summed E-state index contributed by atoms with van der Waals surface area (Å²) < 4.78 is 0. The van der Waals surface area contributed by atoms with Gasteiger partial charge in [-0.1, -0.05) is 12.2 Å². The molecule has 1 radical (unpaired) electrons. The Morgan fingerprint density at radius 3 is 2.89 bits per heavy atom. The van der Waals surface area contributed by atoms with Crippen LogP contribution in [-0.2, 0) is 4.79 Å². The fourth-order valence-electron chi connectivity index (χ4n) is 0.656. The van der Waals surface area contributed by atoms with Crippen molar-refractivity contribution in [2.45, 2.75) is 6.42 Å². The van der Waals surface area contributed by atoms with Gasteiger partial charge in [0.1, 0.15) is 0 Å². The summed E-state index contributed by atoms with van der Waals surface area (Å²) in [5.74, 6) is 0. The number of nitrogens with one attached hydrogen (secondary N) is 1. The molecule has 9 heavy (non-hydrogen) atoms. The van der Waals surface area contributed by atoms with Crippen LogP contribution in [0.15, 0.2) is 23.8 Å². The van der Waals surface area contributed by atoms with E-state index in [1.807, 2.05) is 6.08 Å². The van der Waals surface area contributed by atoms with E-state index in [1.54, 1.807) is 18.4 Å². The SMILES string of the molecule is N=C1CC=CC=C1[C]=O. The normalized spacial score (nSPS) is 17.3. The van der Waals surface area contributed by atoms with Crippen LogP contribution in [0, 0.1) is 5.41 Å². The first-order chi connectivity index (χ1) is 4.34. The van der Waals surface area contributed by atoms with Crippen molar-refractivity contribution in [2.24, 2.45) is 0 Å². The van der Waals surface area contributed by atoms with Crippen LogP contribution >= 0.6 is 0 Å². The summed E-state index contributed by atoms with van der Waals surface area (Å²) in [7, 11) is 0. The van der Waals surface area contributed by atoms with E-state index in [1.165, 1.54) is 0 Å². The third kappa shape index (κ3) is 1.13. The monoisotopic (exact) mass is 120 g/mol. The summed E-state index contributed by atoms with van der Waals surface area (Å²) in [6.07, 6.45) is 7.44. The predicted octanol–water partition coefficient (Wildman–Crippen LogP) is 1.00. The zero-order valence-electron chi connectivity index (χ0n) is 4.85. The van der Waals surface area contributed by atoms with Gasteiger partial charge in [0.05, 0.1) is 0 Å². The fraction of sp³-hybridized carbons (Fsp3) is 0.143. The topological polar surface area (TPSA) is 40.9 Å². The quantitative estimate of drug-likeness (QED) is 0.551. The van der Waals surface area contributed by atoms with Crippen molar-refractivity contribution in [3.05, 3.63) is 23.8 Å². The van der Waals surface area contributed by atoms with Gasteiger partial charge in [0.2, 0.25) is 6.29 Å². The molecule has 0 saturated heterocycles. The number of hydrogen-bond donors (Lipinski definition) is 1. The van der Waals surface area contributed by atoms with E-state index in [4.69, 9.17) is 5.41 Å². The molecular weight excluding hydrogens is 114 g/mol. The minimum atomic E-state index is 0.354. The Morgan fingerprint density at radius 1 is 1.67 bits per heavy atom. The standard InChI is InChI=1S/C7H6NO/c8-7-4-2-1-3-6(7)5-9/h1-3,8H,4H2. The molecule has 0 aromatic heterocycles. The van der Waals surface area contributed by atoms with E-state index in [0.717, 1.165) is 0 Å². The van der Waals surface area contributed by atoms with Gasteiger partial charge in [-0.25, -0.2) is 0 Å². The molecule has 0 fully saturated rings. The molecule has 0 atom stereocenters. The maximum atomic E-state index is 10.0. The highest BCUT2D eigenvalue weighted by Gasteiger charge is 2.04. The second-order valence-corrected chi connectivity index (χ2v) is 1.79. The van der Waals surface area contributed by atoms with E-state index >= 15 is 0 Å². The summed E-state index contributed by atoms with van der Waals surface area (Å²) in [5.41, 5.74) is 0.727. The summed E-state index contributed by atoms with van der Waals surface area (Å²) in [4.78, 5) is 10.0. The highest BCUT2D eigenvalue weighted by atomic mass is 16.1. The Bertz CT molecular complexity index is 201. The van der Waals surface area contributed by atoms with Crippen molar-refractivity contribution in [1.29, 1.82) is 5.41 Å². The second kappa shape index (κ2) is 2.40. The van der Waals surface area contributed by atoms with Crippen molar-refractivity contribution in [3.8, 4) is 0 Å². The zero-order chi connectivity index (χ0) is 6.69. The van der Waals surface area contributed by atoms with E-state index in [9.17, 15) is 4.79 Å². The van der Waals surface area contributed by atoms with Crippen LogP contribution in [0.3, 0.4) is 0 Å². The molecule has 0 unspecified atom stereocenters. The highest BCUT2D eigenvalue weighted by molar-refractivity contribution is 6.14. The molecule has 1 aliphatic carbocycles. The van der Waals surface area contributed by atoms with E-state index < -0.39 is 0 Å². The minimum Gasteiger partial charge on any atom is -0.304 e. The number of carbonyl (C=O) groups excluding carboxylic acids is 1. The third-order valence-electron chi connectivity index (χ3n) is 1.16. The van der Waals surface area contributed by atoms with Gasteiger partial charge >= 0.3 is 0 Å². The fourth-order valence-corrected chi connectivity index (χ4v) is 0.656. The van der Waals surface area contributed by atoms with Crippen LogP contribution in [0.5, 0.6) is 0 Å². The Balaban J connectivity index is 2.86. The number of rotatable bonds is 1. The summed E-state index contributed by atoms with van der Waals surface area (Å²) in [6, 6.07) is 0. The second-order valence-electron chi connectivity index (χ2n) is 1.79. The van der Waals surface area contributed by atoms with Crippen LogP contribution in [0.25, 0.3) is 0 Å². The van der Waals surface area contributed by atoms with Gasteiger partial charge < -0.3 is 5.41 Å². The molecule has 0 spiro atoms. The summed E-state index contributed by atoms with van der Waals surface area (Å²) in [5, 5.41) is 7.16. The smallest absolute Gasteiger partial charge is 0.235 e. The van der Waals surface area contributed by atoms with Gasteiger partial charge in [-0.05, 0) is 6.08 Å². The number of allylic oxidation sites excluding steroid dienone is 4. The molecule has 0 amide bonds. The van der Waals surface area contributed by atoms with Crippen molar-refractivity contribution in [1.82, 2.24) is 0 Å². The van der Waals surface area contributed by atoms with Crippen LogP contribution in [0.1, 0.15) is 6.42 Å². The summed E-state index contributed by atoms with van der Waals surface area (Å²) >= 11 is 0. The maximum Gasteiger partial charge on any atom is 0.235 e. The first kappa shape index (κ1) is 5.95. The molecule has 0 heterocycles. The Morgan fingerprint density at radius 2 is 2.44 bits per heavy atom. The highest BCUT2D eigenvalue weighted by Crippen LogP contribution is 2.04. The van der Waals surface area contributed by atoms with Gasteiger partial charge in [0.15, 0.2) is 0 Å². The lowest BCUT2D eigenvalue weighted by atomic mass is 10.0. The van der Waals surface area contributed by atoms with Crippen molar-refractivity contribution < 1.29 is 4.79 Å². The first-order valence-electron chi connectivity index (χ1n) is 2.67. The molecule has 2 heteroatoms. The molecule has 0 aromatic carbocycles. The third-order valence-corrected chi connectivity index (χ3v) is 1.16. The molecule has 1 N–H and O–H groups in total. The van der Waals surface area contributed by atoms with Gasteiger partial charge in [-0.2, -0.15) is 0 Å².